The number of carbonyl (C=O) groups is 3. The van der Waals surface area contributed by atoms with E-state index in [1.807, 2.05) is 14.0 Å². The first kappa shape index (κ1) is 16.4. The lowest BCUT2D eigenvalue weighted by Crippen LogP contribution is -2.69. The quantitative estimate of drug-likeness (QED) is 0.387. The number of fused-ring (bicyclic) bond motifs is 1. The highest BCUT2D eigenvalue weighted by atomic mass is 16.6. The van der Waals surface area contributed by atoms with Crippen LogP contribution in [0.1, 0.15) is 32.6 Å². The summed E-state index contributed by atoms with van der Waals surface area (Å²) in [5.74, 6) is -1.66. The summed E-state index contributed by atoms with van der Waals surface area (Å²) < 4.78 is 5.49. The Labute approximate surface area is 157 Å². The number of aliphatic hydroxyl groups is 1. The summed E-state index contributed by atoms with van der Waals surface area (Å²) in [5, 5.41) is 11.3. The van der Waals surface area contributed by atoms with Crippen LogP contribution < -0.4 is 0 Å². The van der Waals surface area contributed by atoms with Crippen molar-refractivity contribution in [3.05, 3.63) is 12.2 Å². The molecule has 0 aromatic rings. The number of hydrogen-bond acceptors (Lipinski definition) is 6. The molecule has 6 nitrogen and oxygen atoms in total. The maximum Gasteiger partial charge on any atom is 0.320 e. The zero-order valence-corrected chi connectivity index (χ0v) is 15.7. The van der Waals surface area contributed by atoms with Gasteiger partial charge in [-0.1, -0.05) is 19.1 Å². The van der Waals surface area contributed by atoms with Crippen molar-refractivity contribution in [2.45, 2.75) is 44.8 Å². The Balaban J connectivity index is 1.71. The van der Waals surface area contributed by atoms with Crippen molar-refractivity contribution >= 4 is 17.7 Å². The molecule has 6 heteroatoms. The smallest absolute Gasteiger partial charge is 0.320 e. The molecule has 6 bridgehead atoms. The molecule has 7 rings (SSSR count). The minimum absolute atomic E-state index is 0.0554. The fraction of sp³-hybridized carbons (Fsp3) is 0.762. The van der Waals surface area contributed by atoms with Gasteiger partial charge in [0, 0.05) is 48.1 Å². The fourth-order valence-corrected chi connectivity index (χ4v) is 9.16. The fourth-order valence-electron chi connectivity index (χ4n) is 9.16. The average molecular weight is 371 g/mol. The van der Waals surface area contributed by atoms with Crippen molar-refractivity contribution in [1.29, 1.82) is 0 Å². The topological polar surface area (TPSA) is 83.9 Å². The number of hydrogen-bond donors (Lipinski definition) is 1. The Morgan fingerprint density at radius 2 is 1.96 bits per heavy atom. The van der Waals surface area contributed by atoms with Crippen molar-refractivity contribution in [3.8, 4) is 0 Å². The number of carbonyl (C=O) groups excluding carboxylic acids is 3. The van der Waals surface area contributed by atoms with E-state index < -0.39 is 40.2 Å². The van der Waals surface area contributed by atoms with Crippen LogP contribution >= 0.6 is 0 Å². The summed E-state index contributed by atoms with van der Waals surface area (Å²) in [6, 6.07) is -0.144. The number of nitrogens with zero attached hydrogens (tertiary/aromatic N) is 1. The van der Waals surface area contributed by atoms with Crippen molar-refractivity contribution in [2.75, 3.05) is 13.6 Å². The summed E-state index contributed by atoms with van der Waals surface area (Å²) in [6.45, 7) is 6.76. The van der Waals surface area contributed by atoms with Crippen LogP contribution in [0.5, 0.6) is 0 Å². The molecular formula is C21H25NO5. The summed E-state index contributed by atoms with van der Waals surface area (Å²) in [4.78, 5) is 41.7. The predicted octanol–water partition coefficient (Wildman–Crippen LogP) is 0.929. The predicted molar refractivity (Wildman–Crippen MR) is 93.1 cm³/mol. The SMILES string of the molecule is C=C1C[C@]23C(=O)OC(=O)[C@@H]4[C@@]5(C)CC(=O)C[C@]46[C@H]([C@H]2[C@H](O)[C@H]1C[C@H]36)N(C)C5. The second-order valence-electron chi connectivity index (χ2n) is 10.4. The van der Waals surface area contributed by atoms with Crippen molar-refractivity contribution in [1.82, 2.24) is 4.90 Å². The van der Waals surface area contributed by atoms with Gasteiger partial charge in [-0.05, 0) is 25.8 Å². The lowest BCUT2D eigenvalue weighted by atomic mass is 9.45. The maximum atomic E-state index is 13.4. The van der Waals surface area contributed by atoms with E-state index in [0.29, 0.717) is 32.2 Å². The molecule has 7 fully saturated rings. The van der Waals surface area contributed by atoms with Gasteiger partial charge in [0.25, 0.3) is 0 Å². The van der Waals surface area contributed by atoms with Gasteiger partial charge in [0.1, 0.15) is 5.78 Å². The van der Waals surface area contributed by atoms with Gasteiger partial charge in [-0.3, -0.25) is 14.4 Å². The van der Waals surface area contributed by atoms with E-state index in [1.165, 1.54) is 0 Å². The summed E-state index contributed by atoms with van der Waals surface area (Å²) in [7, 11) is 2.03. The van der Waals surface area contributed by atoms with Crippen LogP contribution in [-0.2, 0) is 19.1 Å². The van der Waals surface area contributed by atoms with Gasteiger partial charge in [0.2, 0.25) is 0 Å². The lowest BCUT2D eigenvalue weighted by Gasteiger charge is -2.61. The normalized spacial score (nSPS) is 58.3. The first-order valence-corrected chi connectivity index (χ1v) is 10.0. The number of cyclic esters (lactones) is 2. The van der Waals surface area contributed by atoms with E-state index in [0.717, 1.165) is 5.57 Å². The molecule has 5 aliphatic carbocycles. The number of aliphatic hydroxyl groups excluding tert-OH is 1. The minimum atomic E-state index is -0.919. The van der Waals surface area contributed by atoms with Crippen LogP contribution in [0.3, 0.4) is 0 Å². The first-order chi connectivity index (χ1) is 12.7. The molecule has 1 N–H and O–H groups in total. The number of likely N-dealkylation sites (tertiary alicyclic amines) is 1. The van der Waals surface area contributed by atoms with Gasteiger partial charge in [-0.15, -0.1) is 0 Å². The van der Waals surface area contributed by atoms with E-state index in [4.69, 9.17) is 4.74 Å². The average Bonchev–Trinajstić information content (AvgIpc) is 2.66. The van der Waals surface area contributed by atoms with E-state index in [9.17, 15) is 19.5 Å². The van der Waals surface area contributed by atoms with Gasteiger partial charge in [-0.2, -0.15) is 0 Å². The van der Waals surface area contributed by atoms with Gasteiger partial charge >= 0.3 is 11.9 Å². The number of piperidine rings is 1. The van der Waals surface area contributed by atoms with E-state index in [1.54, 1.807) is 0 Å². The van der Waals surface area contributed by atoms with Crippen molar-refractivity contribution in [2.24, 2.45) is 39.9 Å². The minimum Gasteiger partial charge on any atom is -0.392 e. The summed E-state index contributed by atoms with van der Waals surface area (Å²) in [5.41, 5.74) is -1.17. The number of Topliss-reactive ketones (excluding diaryl/α,β-unsaturated/α-hetero) is 1. The molecule has 2 heterocycles. The largest absolute Gasteiger partial charge is 0.392 e. The molecular weight excluding hydrogens is 346 g/mol. The third-order valence-electron chi connectivity index (χ3n) is 9.30. The van der Waals surface area contributed by atoms with Crippen LogP contribution in [0, 0.1) is 39.9 Å². The van der Waals surface area contributed by atoms with Crippen LogP contribution in [-0.4, -0.2) is 53.5 Å². The van der Waals surface area contributed by atoms with Crippen molar-refractivity contribution < 1.29 is 24.2 Å². The number of esters is 2. The van der Waals surface area contributed by atoms with E-state index in [2.05, 4.69) is 11.5 Å². The molecule has 0 radical (unpaired) electrons. The monoisotopic (exact) mass is 371 g/mol. The Kier molecular flexibility index (Phi) is 2.67. The number of ketones is 1. The van der Waals surface area contributed by atoms with Crippen LogP contribution in [0.15, 0.2) is 12.2 Å². The van der Waals surface area contributed by atoms with Gasteiger partial charge in [0.05, 0.1) is 17.4 Å². The zero-order valence-electron chi connectivity index (χ0n) is 15.7. The summed E-state index contributed by atoms with van der Waals surface area (Å²) in [6.07, 6.45) is 1.10. The second-order valence-corrected chi connectivity index (χ2v) is 10.4. The van der Waals surface area contributed by atoms with E-state index in [-0.39, 0.29) is 29.6 Å². The van der Waals surface area contributed by atoms with Gasteiger partial charge in [0.15, 0.2) is 0 Å². The molecule has 2 spiro atoms. The highest BCUT2D eigenvalue weighted by Gasteiger charge is 2.85. The third kappa shape index (κ3) is 1.44. The molecule has 144 valence electrons. The lowest BCUT2D eigenvalue weighted by molar-refractivity contribution is -0.197. The van der Waals surface area contributed by atoms with Crippen LogP contribution in [0.4, 0.5) is 0 Å². The van der Waals surface area contributed by atoms with Crippen LogP contribution in [0.25, 0.3) is 0 Å². The molecule has 0 unspecified atom stereocenters. The van der Waals surface area contributed by atoms with Gasteiger partial charge in [-0.25, -0.2) is 0 Å². The van der Waals surface area contributed by atoms with Crippen LogP contribution in [0.2, 0.25) is 0 Å². The molecule has 2 aliphatic heterocycles. The third-order valence-corrected chi connectivity index (χ3v) is 9.30. The molecule has 2 saturated heterocycles. The van der Waals surface area contributed by atoms with Gasteiger partial charge < -0.3 is 14.7 Å². The summed E-state index contributed by atoms with van der Waals surface area (Å²) >= 11 is 0. The molecule has 5 saturated carbocycles. The molecule has 0 aromatic heterocycles. The first-order valence-electron chi connectivity index (χ1n) is 10.0. The highest BCUT2D eigenvalue weighted by Crippen LogP contribution is 2.79. The Hall–Kier alpha value is -1.53. The molecule has 7 aliphatic rings. The number of ether oxygens (including phenoxy) is 1. The molecule has 9 atom stereocenters. The Morgan fingerprint density at radius 1 is 1.22 bits per heavy atom. The molecule has 0 amide bonds. The Morgan fingerprint density at radius 3 is 2.70 bits per heavy atom. The highest BCUT2D eigenvalue weighted by molar-refractivity contribution is 5.97. The molecule has 27 heavy (non-hydrogen) atoms. The Bertz CT molecular complexity index is 852. The standard InChI is InChI=1S/C21H25NO5/c1-9-5-20-12-4-11(9)14(24)13(20)16-21(12)7-10(23)6-19(2,8-22(16)3)15(21)17(25)27-18(20)26/h11-16,24H,1,4-8H2,2-3H3/t11-,12+,13+,14+,15+,16-,19-,20+,21+/m0/s1. The van der Waals surface area contributed by atoms with E-state index >= 15 is 0 Å². The van der Waals surface area contributed by atoms with Crippen molar-refractivity contribution in [3.63, 3.8) is 0 Å². The number of rotatable bonds is 0. The molecule has 0 aromatic carbocycles. The maximum absolute atomic E-state index is 13.4. The zero-order chi connectivity index (χ0) is 19.1. The second kappa shape index (κ2) is 4.38.